The maximum atomic E-state index is 3.50. The molecule has 0 amide bonds. The van der Waals surface area contributed by atoms with Gasteiger partial charge in [0.25, 0.3) is 0 Å². The normalized spacial score (nSPS) is 10.7. The molecule has 0 atom stereocenters. The van der Waals surface area contributed by atoms with Crippen molar-refractivity contribution in [2.24, 2.45) is 0 Å². The molecule has 0 aliphatic rings. The van der Waals surface area contributed by atoms with Crippen LogP contribution in [0, 0.1) is 0 Å². The Morgan fingerprint density at radius 2 is 1.07 bits per heavy atom. The molecule has 0 bridgehead atoms. The van der Waals surface area contributed by atoms with Gasteiger partial charge in [0, 0.05) is 17.9 Å². The van der Waals surface area contributed by atoms with Crippen LogP contribution in [0.2, 0.25) is 0 Å². The summed E-state index contributed by atoms with van der Waals surface area (Å²) >= 11 is 0. The molecule has 0 spiro atoms. The minimum atomic E-state index is -0.642. The van der Waals surface area contributed by atoms with E-state index in [-0.39, 0.29) is 0 Å². The number of benzene rings is 4. The summed E-state index contributed by atoms with van der Waals surface area (Å²) in [5.74, 6) is 0. The van der Waals surface area contributed by atoms with E-state index in [9.17, 15) is 0 Å². The van der Waals surface area contributed by atoms with Gasteiger partial charge in [0.1, 0.15) is 0 Å². The van der Waals surface area contributed by atoms with E-state index in [1.165, 1.54) is 32.7 Å². The molecule has 1 N–H and O–H groups in total. The first-order valence-electron chi connectivity index (χ1n) is 9.15. The van der Waals surface area contributed by atoms with Crippen LogP contribution in [0.5, 0.6) is 0 Å². The van der Waals surface area contributed by atoms with Crippen molar-refractivity contribution in [2.45, 2.75) is 0 Å². The fourth-order valence-electron chi connectivity index (χ4n) is 3.43. The van der Waals surface area contributed by atoms with Gasteiger partial charge in [-0.25, -0.2) is 0 Å². The third-order valence-electron chi connectivity index (χ3n) is 4.65. The predicted molar refractivity (Wildman–Crippen MR) is 120 cm³/mol. The Morgan fingerprint density at radius 3 is 1.59 bits per heavy atom. The maximum absolute atomic E-state index is 3.50. The van der Waals surface area contributed by atoms with Crippen LogP contribution in [0.25, 0.3) is 11.1 Å². The van der Waals surface area contributed by atoms with Gasteiger partial charge in [-0.15, -0.1) is 0 Å². The van der Waals surface area contributed by atoms with E-state index in [1.807, 2.05) is 7.05 Å². The molecule has 0 saturated heterocycles. The summed E-state index contributed by atoms with van der Waals surface area (Å²) < 4.78 is 0. The number of hydrogen-bond acceptors (Lipinski definition) is 1. The Morgan fingerprint density at radius 1 is 0.556 bits per heavy atom. The van der Waals surface area contributed by atoms with Gasteiger partial charge in [0.2, 0.25) is 0 Å². The summed E-state index contributed by atoms with van der Waals surface area (Å²) in [6, 6.07) is 38.9. The van der Waals surface area contributed by atoms with E-state index in [1.54, 1.807) is 0 Å². The highest BCUT2D eigenvalue weighted by atomic mass is 31.1. The van der Waals surface area contributed by atoms with Crippen LogP contribution in [-0.2, 0) is 0 Å². The molecule has 0 aromatic heterocycles. The van der Waals surface area contributed by atoms with Crippen molar-refractivity contribution in [1.82, 2.24) is 0 Å². The lowest BCUT2D eigenvalue weighted by Gasteiger charge is -2.24. The summed E-state index contributed by atoms with van der Waals surface area (Å²) in [7, 11) is 1.38. The van der Waals surface area contributed by atoms with E-state index >= 15 is 0 Å². The molecular formula is C25H22NP. The summed E-state index contributed by atoms with van der Waals surface area (Å²) in [4.78, 5) is 0. The minimum Gasteiger partial charge on any atom is -0.387 e. The number of rotatable bonds is 5. The SMILES string of the molecule is CNc1c(-c2ccccc2)cccc1P(c1ccccc1)c1ccccc1. The smallest absolute Gasteiger partial charge is 0.0502 e. The molecule has 4 aromatic carbocycles. The number of anilines is 1. The topological polar surface area (TPSA) is 12.0 Å². The number of para-hydroxylation sites is 1. The van der Waals surface area contributed by atoms with Crippen molar-refractivity contribution in [3.05, 3.63) is 109 Å². The molecule has 2 heteroatoms. The third-order valence-corrected chi connectivity index (χ3v) is 7.13. The first-order valence-corrected chi connectivity index (χ1v) is 10.5. The quantitative estimate of drug-likeness (QED) is 0.481. The molecule has 1 nitrogen and oxygen atoms in total. The lowest BCUT2D eigenvalue weighted by molar-refractivity contribution is 1.52. The van der Waals surface area contributed by atoms with Crippen LogP contribution >= 0.6 is 7.92 Å². The second kappa shape index (κ2) is 8.20. The Bertz CT molecular complexity index is 959. The zero-order valence-corrected chi connectivity index (χ0v) is 16.2. The zero-order chi connectivity index (χ0) is 18.5. The standard InChI is InChI=1S/C25H22NP/c1-26-25-23(20-12-5-2-6-13-20)18-11-19-24(25)27(21-14-7-3-8-15-21)22-16-9-4-10-17-22/h2-19,26H,1H3. The first-order chi connectivity index (χ1) is 13.4. The van der Waals surface area contributed by atoms with Gasteiger partial charge in [-0.2, -0.15) is 0 Å². The average molecular weight is 367 g/mol. The minimum absolute atomic E-state index is 0.642. The number of nitrogens with one attached hydrogen (secondary N) is 1. The summed E-state index contributed by atoms with van der Waals surface area (Å²) in [6.07, 6.45) is 0. The first kappa shape index (κ1) is 17.5. The third kappa shape index (κ3) is 3.65. The van der Waals surface area contributed by atoms with Gasteiger partial charge in [-0.3, -0.25) is 0 Å². The van der Waals surface area contributed by atoms with Crippen molar-refractivity contribution in [1.29, 1.82) is 0 Å². The van der Waals surface area contributed by atoms with Crippen LogP contribution in [0.1, 0.15) is 0 Å². The zero-order valence-electron chi connectivity index (χ0n) is 15.3. The Balaban J connectivity index is 1.93. The Hall–Kier alpha value is -2.89. The van der Waals surface area contributed by atoms with E-state index < -0.39 is 7.92 Å². The highest BCUT2D eigenvalue weighted by Crippen LogP contribution is 2.39. The van der Waals surface area contributed by atoms with E-state index in [4.69, 9.17) is 0 Å². The van der Waals surface area contributed by atoms with Crippen molar-refractivity contribution in [3.8, 4) is 11.1 Å². The molecule has 0 saturated carbocycles. The molecular weight excluding hydrogens is 345 g/mol. The lowest BCUT2D eigenvalue weighted by Crippen LogP contribution is -2.23. The van der Waals surface area contributed by atoms with Gasteiger partial charge >= 0.3 is 0 Å². The second-order valence-corrected chi connectivity index (χ2v) is 8.51. The Labute approximate surface area is 162 Å². The molecule has 0 radical (unpaired) electrons. The fraction of sp³-hybridized carbons (Fsp3) is 0.0400. The van der Waals surface area contributed by atoms with Crippen molar-refractivity contribution in [3.63, 3.8) is 0 Å². The summed E-state index contributed by atoms with van der Waals surface area (Å²) in [5, 5.41) is 7.57. The van der Waals surface area contributed by atoms with Gasteiger partial charge in [0.05, 0.1) is 5.69 Å². The van der Waals surface area contributed by atoms with Crippen LogP contribution in [0.3, 0.4) is 0 Å². The van der Waals surface area contributed by atoms with Gasteiger partial charge in [0.15, 0.2) is 0 Å². The molecule has 132 valence electrons. The molecule has 4 aromatic rings. The molecule has 27 heavy (non-hydrogen) atoms. The van der Waals surface area contributed by atoms with Gasteiger partial charge in [-0.1, -0.05) is 109 Å². The highest BCUT2D eigenvalue weighted by Gasteiger charge is 2.21. The predicted octanol–water partition coefficient (Wildman–Crippen LogP) is 5.15. The second-order valence-electron chi connectivity index (χ2n) is 6.32. The highest BCUT2D eigenvalue weighted by molar-refractivity contribution is 7.80. The van der Waals surface area contributed by atoms with E-state index in [0.29, 0.717) is 0 Å². The van der Waals surface area contributed by atoms with Crippen molar-refractivity contribution >= 4 is 29.5 Å². The average Bonchev–Trinajstić information content (AvgIpc) is 2.76. The maximum Gasteiger partial charge on any atom is 0.0502 e. The van der Waals surface area contributed by atoms with Crippen molar-refractivity contribution in [2.75, 3.05) is 12.4 Å². The van der Waals surface area contributed by atoms with Crippen LogP contribution in [0.4, 0.5) is 5.69 Å². The number of hydrogen-bond donors (Lipinski definition) is 1. The molecule has 0 heterocycles. The molecule has 0 aliphatic heterocycles. The van der Waals surface area contributed by atoms with Crippen LogP contribution in [-0.4, -0.2) is 7.05 Å². The Kier molecular flexibility index (Phi) is 5.32. The van der Waals surface area contributed by atoms with E-state index in [0.717, 1.165) is 0 Å². The van der Waals surface area contributed by atoms with Crippen LogP contribution < -0.4 is 21.2 Å². The summed E-state index contributed by atoms with van der Waals surface area (Å²) in [6.45, 7) is 0. The largest absolute Gasteiger partial charge is 0.387 e. The molecule has 4 rings (SSSR count). The van der Waals surface area contributed by atoms with Crippen LogP contribution in [0.15, 0.2) is 109 Å². The summed E-state index contributed by atoms with van der Waals surface area (Å²) in [5.41, 5.74) is 3.69. The van der Waals surface area contributed by atoms with E-state index in [2.05, 4.69) is 115 Å². The fourth-order valence-corrected chi connectivity index (χ4v) is 5.91. The molecule has 0 aliphatic carbocycles. The van der Waals surface area contributed by atoms with Crippen molar-refractivity contribution < 1.29 is 0 Å². The molecule has 0 fully saturated rings. The van der Waals surface area contributed by atoms with Gasteiger partial charge in [-0.05, 0) is 24.1 Å². The monoisotopic (exact) mass is 367 g/mol. The lowest BCUT2D eigenvalue weighted by atomic mass is 10.0. The van der Waals surface area contributed by atoms with Gasteiger partial charge < -0.3 is 5.32 Å². The molecule has 0 unspecified atom stereocenters.